The van der Waals surface area contributed by atoms with Crippen LogP contribution >= 0.6 is 0 Å². The Morgan fingerprint density at radius 3 is 2.23 bits per heavy atom. The highest BCUT2D eigenvalue weighted by molar-refractivity contribution is 6.35. The zero-order valence-corrected chi connectivity index (χ0v) is 14.9. The van der Waals surface area contributed by atoms with E-state index in [0.717, 1.165) is 29.5 Å². The minimum atomic E-state index is -1.13. The molecule has 136 valence electrons. The second-order valence-corrected chi connectivity index (χ2v) is 6.92. The molecule has 0 saturated heterocycles. The molecule has 3 rings (SSSR count). The van der Waals surface area contributed by atoms with Crippen molar-refractivity contribution in [2.24, 2.45) is 5.92 Å². The minimum absolute atomic E-state index is 0.0263. The van der Waals surface area contributed by atoms with Crippen LogP contribution in [0.25, 0.3) is 0 Å². The van der Waals surface area contributed by atoms with Gasteiger partial charge in [-0.1, -0.05) is 60.2 Å². The van der Waals surface area contributed by atoms with E-state index in [9.17, 15) is 14.7 Å². The molecule has 2 amide bonds. The van der Waals surface area contributed by atoms with Crippen molar-refractivity contribution in [1.29, 1.82) is 0 Å². The van der Waals surface area contributed by atoms with Gasteiger partial charge >= 0.3 is 11.8 Å². The molecule has 1 atom stereocenters. The summed E-state index contributed by atoms with van der Waals surface area (Å²) in [5.74, 6) is -1.32. The fourth-order valence-corrected chi connectivity index (χ4v) is 3.03. The number of amides is 2. The van der Waals surface area contributed by atoms with Crippen LogP contribution in [0, 0.1) is 12.8 Å². The standard InChI is InChI=1S/C21H24N2O3/c1-15-7-9-16(10-8-15)13-22-19(24)20(25)23-14-21(26,18-11-12-18)17-5-3-2-4-6-17/h2-10,18,26H,11-14H2,1H3,(H,22,24)(H,23,25). The Bertz CT molecular complexity index is 770. The van der Waals surface area contributed by atoms with Gasteiger partial charge in [-0.15, -0.1) is 0 Å². The summed E-state index contributed by atoms with van der Waals surface area (Å²) in [5.41, 5.74) is 1.70. The first-order valence-corrected chi connectivity index (χ1v) is 8.88. The van der Waals surface area contributed by atoms with Crippen LogP contribution in [0.5, 0.6) is 0 Å². The van der Waals surface area contributed by atoms with Crippen molar-refractivity contribution >= 4 is 11.8 Å². The van der Waals surface area contributed by atoms with Crippen LogP contribution in [-0.4, -0.2) is 23.5 Å². The van der Waals surface area contributed by atoms with Crippen molar-refractivity contribution in [2.45, 2.75) is 31.9 Å². The number of carbonyl (C=O) groups is 2. The third kappa shape index (κ3) is 4.29. The number of aryl methyl sites for hydroxylation is 1. The van der Waals surface area contributed by atoms with E-state index >= 15 is 0 Å². The number of nitrogens with one attached hydrogen (secondary N) is 2. The van der Waals surface area contributed by atoms with Gasteiger partial charge in [-0.2, -0.15) is 0 Å². The van der Waals surface area contributed by atoms with Crippen LogP contribution < -0.4 is 10.6 Å². The highest BCUT2D eigenvalue weighted by Gasteiger charge is 2.45. The average Bonchev–Trinajstić information content (AvgIpc) is 3.51. The van der Waals surface area contributed by atoms with Crippen LogP contribution in [0.15, 0.2) is 54.6 Å². The van der Waals surface area contributed by atoms with Gasteiger partial charge in [0.1, 0.15) is 5.60 Å². The van der Waals surface area contributed by atoms with E-state index in [4.69, 9.17) is 0 Å². The predicted molar refractivity (Wildman–Crippen MR) is 99.1 cm³/mol. The lowest BCUT2D eigenvalue weighted by molar-refractivity contribution is -0.140. The lowest BCUT2D eigenvalue weighted by Gasteiger charge is -2.29. The first-order valence-electron chi connectivity index (χ1n) is 8.88. The molecule has 26 heavy (non-hydrogen) atoms. The number of hydrogen-bond acceptors (Lipinski definition) is 3. The second-order valence-electron chi connectivity index (χ2n) is 6.92. The SMILES string of the molecule is Cc1ccc(CNC(=O)C(=O)NCC(O)(c2ccccc2)C2CC2)cc1. The first kappa shape index (κ1) is 18.1. The van der Waals surface area contributed by atoms with E-state index in [-0.39, 0.29) is 19.0 Å². The summed E-state index contributed by atoms with van der Waals surface area (Å²) in [5, 5.41) is 16.2. The highest BCUT2D eigenvalue weighted by atomic mass is 16.3. The fraction of sp³-hybridized carbons (Fsp3) is 0.333. The average molecular weight is 352 g/mol. The van der Waals surface area contributed by atoms with Gasteiger partial charge in [0.15, 0.2) is 0 Å². The molecule has 0 spiro atoms. The van der Waals surface area contributed by atoms with E-state index < -0.39 is 17.4 Å². The molecule has 1 aliphatic rings. The van der Waals surface area contributed by atoms with Crippen LogP contribution in [0.3, 0.4) is 0 Å². The first-order chi connectivity index (χ1) is 12.5. The lowest BCUT2D eigenvalue weighted by Crippen LogP contribution is -2.47. The Hall–Kier alpha value is -2.66. The normalized spacial score (nSPS) is 15.8. The molecule has 0 aromatic heterocycles. The zero-order valence-electron chi connectivity index (χ0n) is 14.9. The van der Waals surface area contributed by atoms with Gasteiger partial charge in [0.2, 0.25) is 0 Å². The van der Waals surface area contributed by atoms with E-state index in [0.29, 0.717) is 0 Å². The molecular weight excluding hydrogens is 328 g/mol. The van der Waals surface area contributed by atoms with Gasteiger partial charge in [-0.3, -0.25) is 9.59 Å². The van der Waals surface area contributed by atoms with Gasteiger partial charge in [-0.25, -0.2) is 0 Å². The molecule has 1 unspecified atom stereocenters. The summed E-state index contributed by atoms with van der Waals surface area (Å²) in [6.45, 7) is 2.31. The Balaban J connectivity index is 1.55. The van der Waals surface area contributed by atoms with Crippen molar-refractivity contribution in [3.05, 3.63) is 71.3 Å². The van der Waals surface area contributed by atoms with Crippen LogP contribution in [0.4, 0.5) is 0 Å². The summed E-state index contributed by atoms with van der Waals surface area (Å²) in [6, 6.07) is 17.0. The van der Waals surface area contributed by atoms with E-state index in [1.807, 2.05) is 61.5 Å². The van der Waals surface area contributed by atoms with Gasteiger partial charge in [-0.05, 0) is 36.8 Å². The zero-order chi connectivity index (χ0) is 18.6. The van der Waals surface area contributed by atoms with E-state index in [2.05, 4.69) is 10.6 Å². The molecule has 1 saturated carbocycles. The second kappa shape index (κ2) is 7.70. The summed E-state index contributed by atoms with van der Waals surface area (Å²) in [4.78, 5) is 24.1. The van der Waals surface area contributed by atoms with E-state index in [1.54, 1.807) is 0 Å². The van der Waals surface area contributed by atoms with E-state index in [1.165, 1.54) is 0 Å². The number of carbonyl (C=O) groups excluding carboxylic acids is 2. The molecule has 1 fully saturated rings. The monoisotopic (exact) mass is 352 g/mol. The molecular formula is C21H24N2O3. The summed E-state index contributed by atoms with van der Waals surface area (Å²) < 4.78 is 0. The molecule has 0 radical (unpaired) electrons. The smallest absolute Gasteiger partial charge is 0.309 e. The maximum Gasteiger partial charge on any atom is 0.309 e. The molecule has 0 aliphatic heterocycles. The molecule has 3 N–H and O–H groups in total. The Morgan fingerprint density at radius 2 is 1.62 bits per heavy atom. The molecule has 5 nitrogen and oxygen atoms in total. The van der Waals surface area contributed by atoms with Gasteiger partial charge in [0.05, 0.1) is 6.54 Å². The van der Waals surface area contributed by atoms with Crippen molar-refractivity contribution in [2.75, 3.05) is 6.54 Å². The topological polar surface area (TPSA) is 78.4 Å². The lowest BCUT2D eigenvalue weighted by atomic mass is 9.88. The maximum atomic E-state index is 12.1. The highest BCUT2D eigenvalue weighted by Crippen LogP contribution is 2.45. The van der Waals surface area contributed by atoms with Crippen molar-refractivity contribution < 1.29 is 14.7 Å². The van der Waals surface area contributed by atoms with Crippen LogP contribution in [0.1, 0.15) is 29.5 Å². The molecule has 0 bridgehead atoms. The number of hydrogen-bond donors (Lipinski definition) is 3. The van der Waals surface area contributed by atoms with Gasteiger partial charge in [0, 0.05) is 6.54 Å². The molecule has 2 aromatic rings. The van der Waals surface area contributed by atoms with Crippen molar-refractivity contribution in [3.8, 4) is 0 Å². The molecule has 5 heteroatoms. The Morgan fingerprint density at radius 1 is 1.00 bits per heavy atom. The third-order valence-corrected chi connectivity index (χ3v) is 4.82. The summed E-state index contributed by atoms with van der Waals surface area (Å²) in [7, 11) is 0. The van der Waals surface area contributed by atoms with Crippen LogP contribution in [-0.2, 0) is 21.7 Å². The largest absolute Gasteiger partial charge is 0.383 e. The summed E-state index contributed by atoms with van der Waals surface area (Å²) in [6.07, 6.45) is 1.84. The van der Waals surface area contributed by atoms with Crippen molar-refractivity contribution in [1.82, 2.24) is 10.6 Å². The molecule has 2 aromatic carbocycles. The fourth-order valence-electron chi connectivity index (χ4n) is 3.03. The summed E-state index contributed by atoms with van der Waals surface area (Å²) >= 11 is 0. The van der Waals surface area contributed by atoms with Crippen molar-refractivity contribution in [3.63, 3.8) is 0 Å². The van der Waals surface area contributed by atoms with Gasteiger partial charge in [0.25, 0.3) is 0 Å². The van der Waals surface area contributed by atoms with Gasteiger partial charge < -0.3 is 15.7 Å². The maximum absolute atomic E-state index is 12.1. The predicted octanol–water partition coefficient (Wildman–Crippen LogP) is 2.03. The molecule has 1 aliphatic carbocycles. The number of aliphatic hydroxyl groups is 1. The Labute approximate surface area is 153 Å². The quantitative estimate of drug-likeness (QED) is 0.696. The minimum Gasteiger partial charge on any atom is -0.383 e. The third-order valence-electron chi connectivity index (χ3n) is 4.82. The molecule has 0 heterocycles. The Kier molecular flexibility index (Phi) is 5.38. The number of rotatable bonds is 6. The number of benzene rings is 2. The van der Waals surface area contributed by atoms with Crippen LogP contribution in [0.2, 0.25) is 0 Å².